The molecule has 0 saturated heterocycles. The minimum Gasteiger partial charge on any atom is -0.478 e. The van der Waals surface area contributed by atoms with Gasteiger partial charge in [0, 0.05) is 29.7 Å². The molecule has 1 rings (SSSR count). The fraction of sp³-hybridized carbons (Fsp3) is 0.375. The highest BCUT2D eigenvalue weighted by Crippen LogP contribution is 2.29. The number of carbonyl (C=O) groups excluding carboxylic acids is 1. The molecule has 22 heavy (non-hydrogen) atoms. The molecule has 0 saturated carbocycles. The molecular weight excluding hydrogens is 348 g/mol. The largest absolute Gasteiger partial charge is 0.478 e. The average Bonchev–Trinajstić information content (AvgIpc) is 2.46. The number of allylic oxidation sites excluding steroid dienone is 1. The van der Waals surface area contributed by atoms with Crippen LogP contribution in [0.2, 0.25) is 0 Å². The van der Waals surface area contributed by atoms with Crippen molar-refractivity contribution in [3.05, 3.63) is 33.8 Å². The topological polar surface area (TPSA) is 83.6 Å². The van der Waals surface area contributed by atoms with Gasteiger partial charge in [-0.2, -0.15) is 0 Å². The molecule has 0 aliphatic rings. The van der Waals surface area contributed by atoms with Gasteiger partial charge in [0.25, 0.3) is 0 Å². The minimum atomic E-state index is -1.10. The van der Waals surface area contributed by atoms with Gasteiger partial charge in [0.2, 0.25) is 5.91 Å². The van der Waals surface area contributed by atoms with Crippen LogP contribution in [0.4, 0.5) is 5.69 Å². The Balaban J connectivity index is 3.12. The molecule has 0 aromatic heterocycles. The summed E-state index contributed by atoms with van der Waals surface area (Å²) in [5, 5.41) is 9.17. The maximum Gasteiger partial charge on any atom is 0.337 e. The van der Waals surface area contributed by atoms with Crippen molar-refractivity contribution < 1.29 is 14.7 Å². The number of aromatic carboxylic acids is 1. The number of hydrogen-bond donors (Lipinski definition) is 2. The lowest BCUT2D eigenvalue weighted by Gasteiger charge is -2.16. The van der Waals surface area contributed by atoms with Crippen molar-refractivity contribution in [1.29, 1.82) is 0 Å². The van der Waals surface area contributed by atoms with Crippen molar-refractivity contribution in [2.24, 2.45) is 0 Å². The normalized spacial score (nSPS) is 11.4. The predicted molar refractivity (Wildman–Crippen MR) is 91.7 cm³/mol. The van der Waals surface area contributed by atoms with E-state index in [0.717, 1.165) is 12.8 Å². The number of hydrogen-bond acceptors (Lipinski definition) is 3. The first-order chi connectivity index (χ1) is 10.3. The summed E-state index contributed by atoms with van der Waals surface area (Å²) >= 11 is 3.27. The third-order valence-electron chi connectivity index (χ3n) is 3.36. The zero-order valence-electron chi connectivity index (χ0n) is 13.0. The molecule has 1 aromatic carbocycles. The Kier molecular flexibility index (Phi) is 6.61. The van der Waals surface area contributed by atoms with Crippen molar-refractivity contribution in [3.8, 4) is 0 Å². The van der Waals surface area contributed by atoms with Crippen LogP contribution in [0.5, 0.6) is 0 Å². The quantitative estimate of drug-likeness (QED) is 0.595. The lowest BCUT2D eigenvalue weighted by Crippen LogP contribution is -2.26. The zero-order valence-corrected chi connectivity index (χ0v) is 14.6. The van der Waals surface area contributed by atoms with Crippen LogP contribution in [-0.2, 0) is 4.79 Å². The first-order valence-electron chi connectivity index (χ1n) is 7.04. The minimum absolute atomic E-state index is 0.0175. The summed E-state index contributed by atoms with van der Waals surface area (Å²) in [6.07, 6.45) is 3.44. The number of anilines is 1. The van der Waals surface area contributed by atoms with E-state index in [1.807, 2.05) is 0 Å². The Morgan fingerprint density at radius 3 is 2.50 bits per heavy atom. The first-order valence-corrected chi connectivity index (χ1v) is 7.83. The number of nitrogens with two attached hydrogens (primary N) is 1. The van der Waals surface area contributed by atoms with E-state index in [0.29, 0.717) is 22.2 Å². The Hall–Kier alpha value is -1.82. The van der Waals surface area contributed by atoms with Crippen LogP contribution < -0.4 is 5.73 Å². The van der Waals surface area contributed by atoms with Gasteiger partial charge >= 0.3 is 5.97 Å². The summed E-state index contributed by atoms with van der Waals surface area (Å²) in [6.45, 7) is 4.50. The van der Waals surface area contributed by atoms with Crippen molar-refractivity contribution >= 4 is 39.1 Å². The SMILES string of the molecule is CCCCN(C)C(=O)C=C(C)c1cc(Br)cc(C(=O)O)c1N. The number of amides is 1. The second kappa shape index (κ2) is 7.98. The maximum absolute atomic E-state index is 12.1. The van der Waals surface area contributed by atoms with Crippen molar-refractivity contribution in [2.45, 2.75) is 26.7 Å². The molecule has 0 atom stereocenters. The van der Waals surface area contributed by atoms with Crippen LogP contribution >= 0.6 is 15.9 Å². The third kappa shape index (κ3) is 4.59. The molecule has 1 aromatic rings. The molecule has 120 valence electrons. The standard InChI is InChI=1S/C16H21BrN2O3/c1-4-5-6-19(3)14(20)7-10(2)12-8-11(17)9-13(15(12)18)16(21)22/h7-9H,4-6,18H2,1-3H3,(H,21,22). The van der Waals surface area contributed by atoms with Gasteiger partial charge in [-0.15, -0.1) is 0 Å². The molecule has 0 fully saturated rings. The molecule has 0 bridgehead atoms. The summed E-state index contributed by atoms with van der Waals surface area (Å²) in [7, 11) is 1.74. The number of carbonyl (C=O) groups is 2. The van der Waals surface area contributed by atoms with E-state index in [1.165, 1.54) is 12.1 Å². The van der Waals surface area contributed by atoms with Crippen LogP contribution in [0.25, 0.3) is 5.57 Å². The van der Waals surface area contributed by atoms with E-state index < -0.39 is 5.97 Å². The van der Waals surface area contributed by atoms with Crippen LogP contribution in [0.1, 0.15) is 42.6 Å². The van der Waals surface area contributed by atoms with Crippen LogP contribution in [0.15, 0.2) is 22.7 Å². The fourth-order valence-corrected chi connectivity index (χ4v) is 2.46. The zero-order chi connectivity index (χ0) is 16.9. The number of carboxylic acids is 1. The van der Waals surface area contributed by atoms with E-state index in [9.17, 15) is 9.59 Å². The summed E-state index contributed by atoms with van der Waals surface area (Å²) in [6, 6.07) is 3.16. The summed E-state index contributed by atoms with van der Waals surface area (Å²) in [5.74, 6) is -1.22. The van der Waals surface area contributed by atoms with Gasteiger partial charge in [0.1, 0.15) is 0 Å². The van der Waals surface area contributed by atoms with E-state index in [4.69, 9.17) is 10.8 Å². The number of halogens is 1. The summed E-state index contributed by atoms with van der Waals surface area (Å²) < 4.78 is 0.605. The molecular formula is C16H21BrN2O3. The first kappa shape index (κ1) is 18.2. The smallest absolute Gasteiger partial charge is 0.337 e. The molecule has 0 unspecified atom stereocenters. The predicted octanol–water partition coefficient (Wildman–Crippen LogP) is 3.39. The number of rotatable bonds is 6. The molecule has 0 heterocycles. The molecule has 1 amide bonds. The summed E-state index contributed by atoms with van der Waals surface area (Å²) in [5.41, 5.74) is 7.28. The van der Waals surface area contributed by atoms with Gasteiger partial charge in [-0.25, -0.2) is 4.79 Å². The Morgan fingerprint density at radius 1 is 1.36 bits per heavy atom. The monoisotopic (exact) mass is 368 g/mol. The molecule has 0 aliphatic heterocycles. The highest BCUT2D eigenvalue weighted by molar-refractivity contribution is 9.10. The van der Waals surface area contributed by atoms with E-state index in [1.54, 1.807) is 24.9 Å². The number of nitrogens with zero attached hydrogens (tertiary/aromatic N) is 1. The molecule has 5 nitrogen and oxygen atoms in total. The molecule has 0 radical (unpaired) electrons. The van der Waals surface area contributed by atoms with Gasteiger partial charge in [-0.1, -0.05) is 29.3 Å². The average molecular weight is 369 g/mol. The van der Waals surface area contributed by atoms with Crippen LogP contribution in [-0.4, -0.2) is 35.5 Å². The maximum atomic E-state index is 12.1. The van der Waals surface area contributed by atoms with Crippen molar-refractivity contribution in [2.75, 3.05) is 19.3 Å². The Bertz CT molecular complexity index is 612. The second-order valence-corrected chi connectivity index (χ2v) is 6.08. The van der Waals surface area contributed by atoms with Gasteiger partial charge in [0.15, 0.2) is 0 Å². The lowest BCUT2D eigenvalue weighted by molar-refractivity contribution is -0.124. The number of unbranched alkanes of at least 4 members (excludes halogenated alkanes) is 1. The van der Waals surface area contributed by atoms with Crippen LogP contribution in [0.3, 0.4) is 0 Å². The van der Waals surface area contributed by atoms with Crippen LogP contribution in [0, 0.1) is 0 Å². The van der Waals surface area contributed by atoms with Crippen molar-refractivity contribution in [1.82, 2.24) is 4.90 Å². The van der Waals surface area contributed by atoms with Crippen molar-refractivity contribution in [3.63, 3.8) is 0 Å². The number of benzene rings is 1. The van der Waals surface area contributed by atoms with Gasteiger partial charge in [-0.3, -0.25) is 4.79 Å². The van der Waals surface area contributed by atoms with Gasteiger partial charge in [0.05, 0.1) is 11.3 Å². The Labute approximate surface area is 138 Å². The molecule has 3 N–H and O–H groups in total. The van der Waals surface area contributed by atoms with Gasteiger partial charge < -0.3 is 15.7 Å². The highest BCUT2D eigenvalue weighted by atomic mass is 79.9. The number of nitrogen functional groups attached to an aromatic ring is 1. The van der Waals surface area contributed by atoms with E-state index in [2.05, 4.69) is 22.9 Å². The van der Waals surface area contributed by atoms with Gasteiger partial charge in [-0.05, 0) is 31.1 Å². The molecule has 6 heteroatoms. The fourth-order valence-electron chi connectivity index (χ4n) is 2.00. The Morgan fingerprint density at radius 2 is 1.95 bits per heavy atom. The van der Waals surface area contributed by atoms with E-state index >= 15 is 0 Å². The molecule has 0 aliphatic carbocycles. The van der Waals surface area contributed by atoms with E-state index in [-0.39, 0.29) is 17.2 Å². The molecule has 0 spiro atoms. The lowest BCUT2D eigenvalue weighted by atomic mass is 10.0. The highest BCUT2D eigenvalue weighted by Gasteiger charge is 2.15. The second-order valence-electron chi connectivity index (χ2n) is 5.16. The third-order valence-corrected chi connectivity index (χ3v) is 3.82. The number of likely N-dealkylation sites (N-methyl/N-ethyl adjacent to an activating group) is 1. The number of carboxylic acid groups (broad SMARTS) is 1. The summed E-state index contributed by atoms with van der Waals surface area (Å²) in [4.78, 5) is 25.0.